The van der Waals surface area contributed by atoms with E-state index in [1.807, 2.05) is 42.5 Å². The zero-order valence-corrected chi connectivity index (χ0v) is 66.8. The quantitative estimate of drug-likeness (QED) is 0.0107. The minimum Gasteiger partial charge on any atom is -0.394 e. The Balaban J connectivity index is 1.11. The van der Waals surface area contributed by atoms with Gasteiger partial charge in [0.25, 0.3) is 0 Å². The third-order valence-corrected chi connectivity index (χ3v) is 19.9. The van der Waals surface area contributed by atoms with Crippen LogP contribution in [0.3, 0.4) is 0 Å². The first kappa shape index (κ1) is 90.3. The average molecular weight is 1630 g/mol. The molecule has 0 bridgehead atoms. The molecule has 626 valence electrons. The van der Waals surface area contributed by atoms with Crippen molar-refractivity contribution in [3.05, 3.63) is 184 Å². The van der Waals surface area contributed by atoms with E-state index in [-0.39, 0.29) is 88.4 Å². The fourth-order valence-corrected chi connectivity index (χ4v) is 13.7. The number of aliphatic hydroxyl groups is 1. The number of morpholine rings is 1. The van der Waals surface area contributed by atoms with Crippen LogP contribution < -0.4 is 86.3 Å². The molecule has 6 aromatic carbocycles. The number of amides is 14. The van der Waals surface area contributed by atoms with Gasteiger partial charge in [-0.15, -0.1) is 0 Å². The minimum absolute atomic E-state index is 0.0224. The summed E-state index contributed by atoms with van der Waals surface area (Å²) in [6.07, 6.45) is -0.349. The maximum atomic E-state index is 15.6. The number of rotatable bonds is 41. The van der Waals surface area contributed by atoms with E-state index in [0.29, 0.717) is 72.1 Å². The Morgan fingerprint density at radius 2 is 0.974 bits per heavy atom. The molecule has 2 heterocycles. The molecular formula is C82H106ClN19O15. The Kier molecular flexibility index (Phi) is 34.4. The number of urea groups is 1. The molecular weight excluding hydrogens is 1530 g/mol. The Labute approximate surface area is 683 Å². The SMILES string of the molecule is CC(=O)NN(NC(C)=O)c1ccc(C[C@H](NC(=O)[C@H](CO)NC(=O)[C@@H](Cc2ccccc2)NC(=O)[C@@H](Cc2ccc(Cl)cc2)NC(=O)[C@@H](Cc2cccc3ccccc23)NC(N)=O)C(=O)N[C@H](Cc2ccc(CN3CCOCC3)cc2)C(=O)N[C@@H](CC(C)C)C(=O)N[C@@H](CCCNC(=N)N)C(=O)N2CCC[C@H]2C(=O)N[C@H](C)C(N)=O)cc1. The number of ether oxygens (including phenoxy) is 1. The third kappa shape index (κ3) is 28.6. The summed E-state index contributed by atoms with van der Waals surface area (Å²) in [4.78, 5) is 187. The van der Waals surface area contributed by atoms with Gasteiger partial charge in [0.15, 0.2) is 5.96 Å². The highest BCUT2D eigenvalue weighted by atomic mass is 35.5. The number of hydrogen-bond donors (Lipinski definition) is 17. The molecule has 20 N–H and O–H groups in total. The van der Waals surface area contributed by atoms with Crippen LogP contribution in [0, 0.1) is 11.3 Å². The van der Waals surface area contributed by atoms with Crippen molar-refractivity contribution in [1.82, 2.24) is 73.8 Å². The van der Waals surface area contributed by atoms with Gasteiger partial charge in [0.05, 0.1) is 25.5 Å². The van der Waals surface area contributed by atoms with Crippen LogP contribution in [0.2, 0.25) is 5.02 Å². The van der Waals surface area contributed by atoms with Crippen molar-refractivity contribution in [3.8, 4) is 0 Å². The van der Waals surface area contributed by atoms with Gasteiger partial charge in [-0.2, -0.15) is 5.12 Å². The summed E-state index contributed by atoms with van der Waals surface area (Å²) >= 11 is 6.28. The van der Waals surface area contributed by atoms with Crippen LogP contribution in [-0.4, -0.2) is 204 Å². The van der Waals surface area contributed by atoms with Crippen molar-refractivity contribution < 1.29 is 72.2 Å². The maximum Gasteiger partial charge on any atom is 0.312 e. The van der Waals surface area contributed by atoms with E-state index in [1.54, 1.807) is 92.7 Å². The van der Waals surface area contributed by atoms with E-state index >= 15 is 24.0 Å². The van der Waals surface area contributed by atoms with Gasteiger partial charge in [0.1, 0.15) is 60.4 Å². The van der Waals surface area contributed by atoms with Gasteiger partial charge in [0, 0.05) is 83.7 Å². The predicted octanol–water partition coefficient (Wildman–Crippen LogP) is 0.460. The predicted molar refractivity (Wildman–Crippen MR) is 437 cm³/mol. The van der Waals surface area contributed by atoms with Crippen LogP contribution in [0.25, 0.3) is 10.8 Å². The van der Waals surface area contributed by atoms with E-state index in [2.05, 4.69) is 68.9 Å². The lowest BCUT2D eigenvalue weighted by Crippen LogP contribution is -2.62. The van der Waals surface area contributed by atoms with E-state index < -0.39 is 144 Å². The van der Waals surface area contributed by atoms with Gasteiger partial charge in [-0.1, -0.05) is 147 Å². The zero-order valence-electron chi connectivity index (χ0n) is 66.0. The Bertz CT molecular complexity index is 4440. The molecule has 8 rings (SSSR count). The van der Waals surface area contributed by atoms with E-state index in [9.17, 15) is 43.5 Å². The topological polar surface area (TPSA) is 507 Å². The summed E-state index contributed by atoms with van der Waals surface area (Å²) in [6, 6.07) is 25.6. The number of nitrogens with two attached hydrogens (primary N) is 3. The van der Waals surface area contributed by atoms with Crippen molar-refractivity contribution in [2.45, 2.75) is 166 Å². The second-order valence-electron chi connectivity index (χ2n) is 29.4. The lowest BCUT2D eigenvalue weighted by atomic mass is 9.97. The molecule has 14 amide bonds. The summed E-state index contributed by atoms with van der Waals surface area (Å²) in [6.45, 7) is 9.60. The van der Waals surface area contributed by atoms with Crippen LogP contribution in [-0.2, 0) is 101 Å². The average Bonchev–Trinajstić information content (AvgIpc) is 1.77. The number of benzene rings is 6. The van der Waals surface area contributed by atoms with Crippen molar-refractivity contribution in [3.63, 3.8) is 0 Å². The summed E-state index contributed by atoms with van der Waals surface area (Å²) in [7, 11) is 0. The summed E-state index contributed by atoms with van der Waals surface area (Å²) in [5, 5.41) is 48.9. The molecule has 35 heteroatoms. The second kappa shape index (κ2) is 44.6. The second-order valence-corrected chi connectivity index (χ2v) is 29.9. The molecule has 0 radical (unpaired) electrons. The van der Waals surface area contributed by atoms with E-state index in [0.717, 1.165) is 21.5 Å². The van der Waals surface area contributed by atoms with Crippen molar-refractivity contribution in [2.75, 3.05) is 51.1 Å². The number of anilines is 1. The number of guanidine groups is 1. The molecule has 34 nitrogen and oxygen atoms in total. The first-order chi connectivity index (χ1) is 55.9. The number of nitrogens with zero attached hydrogens (tertiary/aromatic N) is 3. The molecule has 10 atom stereocenters. The summed E-state index contributed by atoms with van der Waals surface area (Å²) in [5.41, 5.74) is 25.4. The smallest absolute Gasteiger partial charge is 0.312 e. The molecule has 0 unspecified atom stereocenters. The molecule has 2 aliphatic rings. The van der Waals surface area contributed by atoms with Crippen molar-refractivity contribution >= 4 is 111 Å². The highest BCUT2D eigenvalue weighted by Crippen LogP contribution is 2.24. The van der Waals surface area contributed by atoms with Gasteiger partial charge in [-0.25, -0.2) is 15.6 Å². The van der Waals surface area contributed by atoms with Gasteiger partial charge in [-0.3, -0.25) is 67.8 Å². The highest BCUT2D eigenvalue weighted by Gasteiger charge is 2.41. The Morgan fingerprint density at radius 3 is 1.49 bits per heavy atom. The highest BCUT2D eigenvalue weighted by molar-refractivity contribution is 6.30. The number of hydrazine groups is 2. The number of primary amides is 2. The molecule has 0 aromatic heterocycles. The monoisotopic (exact) mass is 1630 g/mol. The van der Waals surface area contributed by atoms with Crippen molar-refractivity contribution in [2.24, 2.45) is 23.1 Å². The number of carbonyl (C=O) groups excluding carboxylic acids is 13. The molecule has 6 aromatic rings. The summed E-state index contributed by atoms with van der Waals surface area (Å²) < 4.78 is 5.56. The van der Waals surface area contributed by atoms with Crippen molar-refractivity contribution in [1.29, 1.82) is 5.41 Å². The van der Waals surface area contributed by atoms with Gasteiger partial charge >= 0.3 is 6.03 Å². The fraction of sp³-hybridized carbons (Fsp3) is 0.415. The number of halogens is 1. The minimum atomic E-state index is -1.89. The van der Waals surface area contributed by atoms with Gasteiger partial charge < -0.3 is 85.1 Å². The zero-order chi connectivity index (χ0) is 84.8. The number of hydrogen-bond acceptors (Lipinski definition) is 18. The Hall–Kier alpha value is -12.3. The molecule has 0 saturated carbocycles. The van der Waals surface area contributed by atoms with Crippen LogP contribution in [0.4, 0.5) is 10.5 Å². The lowest BCUT2D eigenvalue weighted by Gasteiger charge is -2.31. The molecule has 2 aliphatic heterocycles. The van der Waals surface area contributed by atoms with E-state index in [1.165, 1.54) is 49.9 Å². The van der Waals surface area contributed by atoms with Crippen LogP contribution >= 0.6 is 11.6 Å². The lowest BCUT2D eigenvalue weighted by molar-refractivity contribution is -0.142. The number of carbonyl (C=O) groups is 13. The van der Waals surface area contributed by atoms with Crippen LogP contribution in [0.15, 0.2) is 146 Å². The van der Waals surface area contributed by atoms with Crippen LogP contribution in [0.1, 0.15) is 100 Å². The molecule has 2 saturated heterocycles. The van der Waals surface area contributed by atoms with E-state index in [4.69, 9.17) is 38.9 Å². The maximum absolute atomic E-state index is 15.6. The third-order valence-electron chi connectivity index (χ3n) is 19.6. The normalized spacial score (nSPS) is 15.6. The fourth-order valence-electron chi connectivity index (χ4n) is 13.6. The standard InChI is InChI=1S/C82H106ClN19O15/c1-48(2)40-63(72(107)90-62(20-12-34-88-81(85)86)80(115)101-35-13-21-70(101)79(114)89-49(3)71(84)106)91-73(108)65(42-53-22-24-56(25-23-53)46-100-36-38-117-39-37-100)93-75(110)67(44-55-28-32-60(33-29-55)102(98-50(4)104)99-51(5)105)95-78(113)69(47-103)96-76(111)64(41-52-14-7-6-8-15-52)92-74(109)66(43-54-26-30-59(83)31-27-54)94-77(112)68(97-82(87)116)45-58-18-11-17-57-16-9-10-19-61(57)58/h6-11,14-19,22-33,48-49,62-70,103H,12-13,20-21,34-47H2,1-5H3,(H2,84,106)(H,89,114)(H,90,107)(H,91,108)(H,92,109)(H,93,110)(H,94,112)(H,95,113)(H,96,111)(H,98,104)(H,99,105)(H4,85,86,88)(H3,87,97,116)/t49-,62+,63+,64-,65-,66-,67+,68-,69+,70+/m1/s1. The van der Waals surface area contributed by atoms with Gasteiger partial charge in [-0.05, 0) is 113 Å². The molecule has 2 fully saturated rings. The molecule has 0 aliphatic carbocycles. The first-order valence-corrected chi connectivity index (χ1v) is 39.1. The number of nitrogens with one attached hydrogen (secondary N) is 13. The number of aliphatic hydroxyl groups excluding tert-OH is 1. The number of fused-ring (bicyclic) bond motifs is 1. The largest absolute Gasteiger partial charge is 0.394 e. The van der Waals surface area contributed by atoms with Gasteiger partial charge in [0.2, 0.25) is 70.9 Å². The first-order valence-electron chi connectivity index (χ1n) is 38.7. The van der Waals surface area contributed by atoms with Crippen LogP contribution in [0.5, 0.6) is 0 Å². The molecule has 117 heavy (non-hydrogen) atoms. The molecule has 0 spiro atoms. The number of likely N-dealkylation sites (tertiary alicyclic amines) is 1. The Morgan fingerprint density at radius 1 is 0.521 bits per heavy atom. The summed E-state index contributed by atoms with van der Waals surface area (Å²) in [5.74, 6) is -10.4.